The molecule has 0 atom stereocenters. The number of hydrogen-bond donors (Lipinski definition) is 0. The van der Waals surface area contributed by atoms with Crippen LogP contribution >= 0.6 is 62.3 Å². The Labute approximate surface area is 261 Å². The van der Waals surface area contributed by atoms with Gasteiger partial charge in [-0.05, 0) is 76.6 Å². The minimum absolute atomic E-state index is 0.154. The lowest BCUT2D eigenvalue weighted by atomic mass is 10.2. The number of aromatic nitrogens is 2. The number of halogens is 5. The average Bonchev–Trinajstić information content (AvgIpc) is 3.36. The zero-order chi connectivity index (χ0) is 28.7. The van der Waals surface area contributed by atoms with Crippen LogP contribution in [0.25, 0.3) is 33.5 Å². The predicted octanol–water partition coefficient (Wildman–Crippen LogP) is 9.65. The highest BCUT2D eigenvalue weighted by atomic mass is 79.9. The van der Waals surface area contributed by atoms with Crippen molar-refractivity contribution in [2.75, 3.05) is 0 Å². The van der Waals surface area contributed by atoms with Crippen LogP contribution in [0.2, 0.25) is 20.1 Å². The van der Waals surface area contributed by atoms with Crippen molar-refractivity contribution in [3.8, 4) is 17.3 Å². The second-order valence-electron chi connectivity index (χ2n) is 8.94. The molecule has 4 aromatic carbocycles. The summed E-state index contributed by atoms with van der Waals surface area (Å²) in [7, 11) is 0. The predicted molar refractivity (Wildman–Crippen MR) is 169 cm³/mol. The topological polar surface area (TPSA) is 69.6 Å². The molecule has 204 valence electrons. The van der Waals surface area contributed by atoms with Crippen LogP contribution in [0, 0.1) is 0 Å². The number of nitrogens with zero attached hydrogens (tertiary/aromatic N) is 3. The van der Waals surface area contributed by atoms with E-state index in [0.717, 1.165) is 10.9 Å². The molecule has 11 heteroatoms. The van der Waals surface area contributed by atoms with Gasteiger partial charge < -0.3 is 9.15 Å². The Morgan fingerprint density at radius 3 is 2.54 bits per heavy atom. The summed E-state index contributed by atoms with van der Waals surface area (Å²) in [6.45, 7) is 0.154. The van der Waals surface area contributed by atoms with E-state index in [1.165, 1.54) is 10.9 Å². The summed E-state index contributed by atoms with van der Waals surface area (Å²) in [5, 5.41) is 7.71. The first-order valence-corrected chi connectivity index (χ1v) is 14.4. The molecule has 0 saturated heterocycles. The second-order valence-corrected chi connectivity index (χ2v) is 11.5. The molecule has 0 aliphatic carbocycles. The molecule has 2 aromatic heterocycles. The van der Waals surface area contributed by atoms with Crippen molar-refractivity contribution in [1.82, 2.24) is 9.66 Å². The van der Waals surface area contributed by atoms with Gasteiger partial charge >= 0.3 is 0 Å². The van der Waals surface area contributed by atoms with Gasteiger partial charge in [-0.3, -0.25) is 4.79 Å². The minimum Gasteiger partial charge on any atom is -0.487 e. The van der Waals surface area contributed by atoms with E-state index < -0.39 is 0 Å². The van der Waals surface area contributed by atoms with Crippen LogP contribution in [0.5, 0.6) is 5.75 Å². The van der Waals surface area contributed by atoms with Crippen LogP contribution < -0.4 is 10.3 Å². The van der Waals surface area contributed by atoms with Crippen LogP contribution in [0.1, 0.15) is 11.1 Å². The highest BCUT2D eigenvalue weighted by Crippen LogP contribution is 2.34. The van der Waals surface area contributed by atoms with Gasteiger partial charge in [0.05, 0.1) is 21.6 Å². The Morgan fingerprint density at radius 1 is 0.927 bits per heavy atom. The van der Waals surface area contributed by atoms with Crippen molar-refractivity contribution in [2.45, 2.75) is 6.61 Å². The van der Waals surface area contributed by atoms with E-state index in [1.54, 1.807) is 72.8 Å². The summed E-state index contributed by atoms with van der Waals surface area (Å²) < 4.78 is 14.0. The molecular formula is C30H16BrCl4N3O3. The van der Waals surface area contributed by atoms with E-state index in [4.69, 9.17) is 60.5 Å². The molecule has 6 rings (SSSR count). The fraction of sp³-hybridized carbons (Fsp3) is 0.0333. The number of hydrogen-bond acceptors (Lipinski definition) is 5. The Kier molecular flexibility index (Phi) is 7.81. The molecule has 2 heterocycles. The van der Waals surface area contributed by atoms with Crippen LogP contribution in [0.15, 0.2) is 97.6 Å². The minimum atomic E-state index is -0.378. The van der Waals surface area contributed by atoms with Crippen molar-refractivity contribution >= 4 is 90.4 Å². The normalized spacial score (nSPS) is 11.6. The lowest BCUT2D eigenvalue weighted by Gasteiger charge is -2.13. The maximum Gasteiger partial charge on any atom is 0.282 e. The SMILES string of the molecule is O=c1c2ccccc2nc(-c2cc3cc(Cl)ccc3o2)n1N=Cc1cc(Cl)cc(Br)c1OCc1ccc(Cl)cc1Cl. The average molecular weight is 688 g/mol. The van der Waals surface area contributed by atoms with Gasteiger partial charge in [-0.15, -0.1) is 0 Å². The highest BCUT2D eigenvalue weighted by Gasteiger charge is 2.17. The summed E-state index contributed by atoms with van der Waals surface area (Å²) in [6.07, 6.45) is 1.48. The maximum atomic E-state index is 13.7. The zero-order valence-corrected chi connectivity index (χ0v) is 25.4. The smallest absolute Gasteiger partial charge is 0.282 e. The summed E-state index contributed by atoms with van der Waals surface area (Å²) in [6, 6.07) is 22.6. The molecular weight excluding hydrogens is 672 g/mol. The summed E-state index contributed by atoms with van der Waals surface area (Å²) in [4.78, 5) is 18.4. The molecule has 0 unspecified atom stereocenters. The molecule has 0 amide bonds. The summed E-state index contributed by atoms with van der Waals surface area (Å²) >= 11 is 28.4. The van der Waals surface area contributed by atoms with Crippen molar-refractivity contribution < 1.29 is 9.15 Å². The second kappa shape index (κ2) is 11.5. The fourth-order valence-electron chi connectivity index (χ4n) is 4.25. The first kappa shape index (κ1) is 27.8. The third-order valence-electron chi connectivity index (χ3n) is 6.19. The molecule has 6 aromatic rings. The maximum absolute atomic E-state index is 13.7. The van der Waals surface area contributed by atoms with Crippen LogP contribution in [0.3, 0.4) is 0 Å². The first-order chi connectivity index (χ1) is 19.8. The van der Waals surface area contributed by atoms with E-state index in [0.29, 0.717) is 58.1 Å². The zero-order valence-electron chi connectivity index (χ0n) is 20.7. The number of benzene rings is 4. The number of fused-ring (bicyclic) bond motifs is 2. The Morgan fingerprint density at radius 2 is 1.71 bits per heavy atom. The van der Waals surface area contributed by atoms with Gasteiger partial charge in [0, 0.05) is 36.6 Å². The molecule has 0 aliphatic rings. The Hall–Kier alpha value is -3.33. The van der Waals surface area contributed by atoms with Crippen LogP contribution in [-0.2, 0) is 6.61 Å². The quantitative estimate of drug-likeness (QED) is 0.164. The highest BCUT2D eigenvalue weighted by molar-refractivity contribution is 9.10. The third kappa shape index (κ3) is 5.73. The van der Waals surface area contributed by atoms with Gasteiger partial charge in [0.1, 0.15) is 17.9 Å². The molecule has 0 spiro atoms. The lowest BCUT2D eigenvalue weighted by molar-refractivity contribution is 0.304. The van der Waals surface area contributed by atoms with Gasteiger partial charge in [0.25, 0.3) is 5.56 Å². The molecule has 0 N–H and O–H groups in total. The van der Waals surface area contributed by atoms with Crippen molar-refractivity contribution in [3.63, 3.8) is 0 Å². The van der Waals surface area contributed by atoms with Gasteiger partial charge in [-0.1, -0.05) is 64.6 Å². The van der Waals surface area contributed by atoms with Gasteiger partial charge in [0.15, 0.2) is 5.76 Å². The number of furan rings is 1. The van der Waals surface area contributed by atoms with Crippen molar-refractivity contribution in [3.05, 3.63) is 125 Å². The summed E-state index contributed by atoms with van der Waals surface area (Å²) in [5.74, 6) is 1.02. The largest absolute Gasteiger partial charge is 0.487 e. The van der Waals surface area contributed by atoms with Gasteiger partial charge in [0.2, 0.25) is 5.82 Å². The van der Waals surface area contributed by atoms with Crippen LogP contribution in [-0.4, -0.2) is 15.9 Å². The van der Waals surface area contributed by atoms with Crippen LogP contribution in [0.4, 0.5) is 0 Å². The molecule has 6 nitrogen and oxygen atoms in total. The fourth-order valence-corrected chi connectivity index (χ4v) is 5.84. The molecule has 0 bridgehead atoms. The van der Waals surface area contributed by atoms with E-state index in [2.05, 4.69) is 21.0 Å². The van der Waals surface area contributed by atoms with Crippen molar-refractivity contribution in [1.29, 1.82) is 0 Å². The first-order valence-electron chi connectivity index (χ1n) is 12.1. The monoisotopic (exact) mass is 685 g/mol. The molecule has 0 saturated carbocycles. The van der Waals surface area contributed by atoms with E-state index in [1.807, 2.05) is 6.07 Å². The number of para-hydroxylation sites is 1. The molecule has 41 heavy (non-hydrogen) atoms. The molecule has 0 fully saturated rings. The van der Waals surface area contributed by atoms with Gasteiger partial charge in [-0.25, -0.2) is 4.98 Å². The van der Waals surface area contributed by atoms with Crippen molar-refractivity contribution in [2.24, 2.45) is 5.10 Å². The summed E-state index contributed by atoms with van der Waals surface area (Å²) in [5.41, 5.74) is 1.97. The molecule has 0 aliphatic heterocycles. The molecule has 0 radical (unpaired) electrons. The van der Waals surface area contributed by atoms with E-state index >= 15 is 0 Å². The number of rotatable bonds is 6. The number of ether oxygens (including phenoxy) is 1. The Balaban J connectivity index is 1.46. The standard InChI is InChI=1S/C30H16BrCl4N3O3/c31-23-12-21(34)10-18(28(23)40-15-16-5-6-20(33)13-24(16)35)14-36-38-29(37-25-4-2-1-3-22(25)30(38)39)27-11-17-9-19(32)7-8-26(17)41-27/h1-14H,15H2. The van der Waals surface area contributed by atoms with E-state index in [9.17, 15) is 4.79 Å². The third-order valence-corrected chi connectivity index (χ3v) is 7.82. The lowest BCUT2D eigenvalue weighted by Crippen LogP contribution is -2.20. The Bertz CT molecular complexity index is 2060. The van der Waals surface area contributed by atoms with Gasteiger partial charge in [-0.2, -0.15) is 9.78 Å². The van der Waals surface area contributed by atoms with E-state index in [-0.39, 0.29) is 18.0 Å².